The first kappa shape index (κ1) is 15.7. The Labute approximate surface area is 116 Å². The monoisotopic (exact) mass is 276 g/mol. The van der Waals surface area contributed by atoms with Gasteiger partial charge in [0.2, 0.25) is 5.91 Å². The Morgan fingerprint density at radius 2 is 2.06 bits per heavy atom. The third kappa shape index (κ3) is 4.75. The molecule has 0 aromatic carbocycles. The molecule has 1 saturated carbocycles. The number of amides is 1. The van der Waals surface area contributed by atoms with Gasteiger partial charge in [-0.2, -0.15) is 0 Å². The Hall–Kier alpha value is -0.320. The van der Waals surface area contributed by atoms with E-state index in [1.54, 1.807) is 0 Å². The van der Waals surface area contributed by atoms with Crippen molar-refractivity contribution in [1.29, 1.82) is 0 Å². The Bertz CT molecular complexity index is 259. The van der Waals surface area contributed by atoms with Crippen LogP contribution in [-0.4, -0.2) is 38.3 Å². The highest BCUT2D eigenvalue weighted by molar-refractivity contribution is 5.85. The van der Waals surface area contributed by atoms with Gasteiger partial charge in [-0.3, -0.25) is 4.79 Å². The molecule has 0 bridgehead atoms. The molecule has 1 aliphatic carbocycles. The van der Waals surface area contributed by atoms with Crippen molar-refractivity contribution in [2.24, 2.45) is 11.8 Å². The zero-order chi connectivity index (χ0) is 12.1. The maximum absolute atomic E-state index is 11.6. The first-order valence-corrected chi connectivity index (χ1v) is 6.84. The van der Waals surface area contributed by atoms with Gasteiger partial charge in [-0.05, 0) is 18.8 Å². The second kappa shape index (κ2) is 7.97. The van der Waals surface area contributed by atoms with E-state index in [-0.39, 0.29) is 24.9 Å². The Kier molecular flexibility index (Phi) is 6.97. The van der Waals surface area contributed by atoms with Gasteiger partial charge in [-0.15, -0.1) is 12.4 Å². The molecule has 0 aromatic rings. The summed E-state index contributed by atoms with van der Waals surface area (Å²) in [5.41, 5.74) is 0. The van der Waals surface area contributed by atoms with Gasteiger partial charge in [0.05, 0.1) is 6.10 Å². The smallest absolute Gasteiger partial charge is 0.246 e. The first-order chi connectivity index (χ1) is 8.25. The van der Waals surface area contributed by atoms with E-state index >= 15 is 0 Å². The number of carbonyl (C=O) groups is 1. The van der Waals surface area contributed by atoms with Gasteiger partial charge in [-0.25, -0.2) is 0 Å². The van der Waals surface area contributed by atoms with Crippen LogP contribution in [0.5, 0.6) is 0 Å². The largest absolute Gasteiger partial charge is 0.368 e. The topological polar surface area (TPSA) is 50.4 Å². The van der Waals surface area contributed by atoms with E-state index in [0.717, 1.165) is 26.1 Å². The lowest BCUT2D eigenvalue weighted by molar-refractivity contribution is -0.129. The molecule has 18 heavy (non-hydrogen) atoms. The summed E-state index contributed by atoms with van der Waals surface area (Å²) in [5.74, 6) is 1.26. The highest BCUT2D eigenvalue weighted by atomic mass is 35.5. The summed E-state index contributed by atoms with van der Waals surface area (Å²) in [6.45, 7) is 5.30. The number of ether oxygens (including phenoxy) is 1. The van der Waals surface area contributed by atoms with E-state index in [9.17, 15) is 4.79 Å². The Balaban J connectivity index is 0.00000162. The van der Waals surface area contributed by atoms with E-state index in [0.29, 0.717) is 17.9 Å². The Morgan fingerprint density at radius 3 is 2.67 bits per heavy atom. The van der Waals surface area contributed by atoms with Crippen molar-refractivity contribution in [2.75, 3.05) is 26.2 Å². The van der Waals surface area contributed by atoms with Gasteiger partial charge in [0.15, 0.2) is 0 Å². The van der Waals surface area contributed by atoms with Crippen LogP contribution in [0, 0.1) is 11.8 Å². The van der Waals surface area contributed by atoms with Crippen LogP contribution >= 0.6 is 12.4 Å². The maximum atomic E-state index is 11.6. The lowest BCUT2D eigenvalue weighted by atomic mass is 9.88. The highest BCUT2D eigenvalue weighted by Crippen LogP contribution is 2.25. The lowest BCUT2D eigenvalue weighted by Crippen LogP contribution is -2.48. The number of carbonyl (C=O) groups excluding carboxylic acids is 1. The molecule has 2 N–H and O–H groups in total. The van der Waals surface area contributed by atoms with Crippen molar-refractivity contribution >= 4 is 18.3 Å². The normalized spacial score (nSPS) is 28.1. The number of hydrogen-bond acceptors (Lipinski definition) is 3. The average molecular weight is 277 g/mol. The zero-order valence-corrected chi connectivity index (χ0v) is 11.9. The molecule has 2 rings (SSSR count). The molecule has 1 aliphatic heterocycles. The molecule has 4 nitrogen and oxygen atoms in total. The Morgan fingerprint density at radius 1 is 1.33 bits per heavy atom. The first-order valence-electron chi connectivity index (χ1n) is 6.84. The van der Waals surface area contributed by atoms with Crippen LogP contribution in [0.1, 0.15) is 32.6 Å². The molecule has 1 saturated heterocycles. The van der Waals surface area contributed by atoms with Crippen molar-refractivity contribution in [3.63, 3.8) is 0 Å². The van der Waals surface area contributed by atoms with Crippen molar-refractivity contribution in [3.8, 4) is 0 Å². The zero-order valence-electron chi connectivity index (χ0n) is 11.1. The van der Waals surface area contributed by atoms with Gasteiger partial charge in [0.25, 0.3) is 0 Å². The predicted octanol–water partition coefficient (Wildman–Crippen LogP) is 1.34. The van der Waals surface area contributed by atoms with Crippen molar-refractivity contribution in [3.05, 3.63) is 0 Å². The summed E-state index contributed by atoms with van der Waals surface area (Å²) >= 11 is 0. The second-order valence-corrected chi connectivity index (χ2v) is 5.44. The van der Waals surface area contributed by atoms with Crippen LogP contribution in [0.4, 0.5) is 0 Å². The standard InChI is InChI=1S/C13H24N2O2.ClH/c1-10-4-2-3-5-12(10)17-9-13(16)15-8-11-6-14-7-11;/h10-12,14H,2-9H2,1H3,(H,15,16);1H. The van der Waals surface area contributed by atoms with Gasteiger partial charge >= 0.3 is 0 Å². The van der Waals surface area contributed by atoms with E-state index < -0.39 is 0 Å². The lowest BCUT2D eigenvalue weighted by Gasteiger charge is -2.29. The number of rotatable bonds is 5. The molecule has 2 unspecified atom stereocenters. The molecule has 0 spiro atoms. The molecule has 0 aromatic heterocycles. The SMILES string of the molecule is CC1CCCCC1OCC(=O)NCC1CNC1.Cl. The van der Waals surface area contributed by atoms with Crippen LogP contribution in [-0.2, 0) is 9.53 Å². The predicted molar refractivity (Wildman–Crippen MR) is 74.0 cm³/mol. The van der Waals surface area contributed by atoms with E-state index in [4.69, 9.17) is 4.74 Å². The average Bonchev–Trinajstić information content (AvgIpc) is 2.26. The molecular formula is C13H25ClN2O2. The highest BCUT2D eigenvalue weighted by Gasteiger charge is 2.23. The van der Waals surface area contributed by atoms with Gasteiger partial charge < -0.3 is 15.4 Å². The van der Waals surface area contributed by atoms with Crippen molar-refractivity contribution in [1.82, 2.24) is 10.6 Å². The minimum atomic E-state index is 0. The maximum Gasteiger partial charge on any atom is 0.246 e. The van der Waals surface area contributed by atoms with Crippen LogP contribution in [0.3, 0.4) is 0 Å². The van der Waals surface area contributed by atoms with E-state index in [1.807, 2.05) is 0 Å². The summed E-state index contributed by atoms with van der Waals surface area (Å²) in [7, 11) is 0. The van der Waals surface area contributed by atoms with E-state index in [1.165, 1.54) is 19.3 Å². The van der Waals surface area contributed by atoms with E-state index in [2.05, 4.69) is 17.6 Å². The van der Waals surface area contributed by atoms with Crippen molar-refractivity contribution < 1.29 is 9.53 Å². The molecule has 2 fully saturated rings. The second-order valence-electron chi connectivity index (χ2n) is 5.44. The fraction of sp³-hybridized carbons (Fsp3) is 0.923. The van der Waals surface area contributed by atoms with Crippen molar-refractivity contribution in [2.45, 2.75) is 38.7 Å². The van der Waals surface area contributed by atoms with Gasteiger partial charge in [0, 0.05) is 25.6 Å². The molecule has 106 valence electrons. The molecule has 1 amide bonds. The van der Waals surface area contributed by atoms with Crippen LogP contribution in [0.15, 0.2) is 0 Å². The molecule has 1 heterocycles. The van der Waals surface area contributed by atoms with Crippen LogP contribution in [0.2, 0.25) is 0 Å². The fourth-order valence-electron chi connectivity index (χ4n) is 2.51. The van der Waals surface area contributed by atoms with Gasteiger partial charge in [-0.1, -0.05) is 19.8 Å². The van der Waals surface area contributed by atoms with Crippen LogP contribution in [0.25, 0.3) is 0 Å². The summed E-state index contributed by atoms with van der Waals surface area (Å²) in [5, 5.41) is 6.13. The molecular weight excluding hydrogens is 252 g/mol. The summed E-state index contributed by atoms with van der Waals surface area (Å²) < 4.78 is 5.71. The number of hydrogen-bond donors (Lipinski definition) is 2. The minimum Gasteiger partial charge on any atom is -0.368 e. The molecule has 2 atom stereocenters. The summed E-state index contributed by atoms with van der Waals surface area (Å²) in [6, 6.07) is 0. The quantitative estimate of drug-likeness (QED) is 0.797. The third-order valence-corrected chi connectivity index (χ3v) is 3.92. The third-order valence-electron chi connectivity index (χ3n) is 3.92. The molecule has 5 heteroatoms. The summed E-state index contributed by atoms with van der Waals surface area (Å²) in [6.07, 6.45) is 5.19. The molecule has 0 radical (unpaired) electrons. The number of halogens is 1. The summed E-state index contributed by atoms with van der Waals surface area (Å²) in [4.78, 5) is 11.6. The molecule has 2 aliphatic rings. The number of nitrogens with one attached hydrogen (secondary N) is 2. The minimum absolute atomic E-state index is 0. The fourth-order valence-corrected chi connectivity index (χ4v) is 2.51. The van der Waals surface area contributed by atoms with Gasteiger partial charge in [0.1, 0.15) is 6.61 Å². The van der Waals surface area contributed by atoms with Crippen LogP contribution < -0.4 is 10.6 Å².